The molecule has 0 aliphatic carbocycles. The Morgan fingerprint density at radius 3 is 2.93 bits per heavy atom. The molecule has 0 bridgehead atoms. The van der Waals surface area contributed by atoms with Gasteiger partial charge in [-0.3, -0.25) is 0 Å². The minimum atomic E-state index is -0.391. The van der Waals surface area contributed by atoms with Crippen molar-refractivity contribution >= 4 is 11.0 Å². The van der Waals surface area contributed by atoms with Crippen LogP contribution in [0.5, 0.6) is 5.75 Å². The van der Waals surface area contributed by atoms with Crippen molar-refractivity contribution in [3.63, 3.8) is 0 Å². The Kier molecular flexibility index (Phi) is 2.07. The predicted octanol–water partition coefficient (Wildman–Crippen LogP) is 2.32. The maximum atomic E-state index is 11.0. The van der Waals surface area contributed by atoms with Crippen molar-refractivity contribution in [2.24, 2.45) is 0 Å². The SMILES string of the molecule is C=COc1cccc2ccc(=O)oc12. The van der Waals surface area contributed by atoms with E-state index in [2.05, 4.69) is 6.58 Å². The van der Waals surface area contributed by atoms with Crippen LogP contribution in [0.25, 0.3) is 11.0 Å². The summed E-state index contributed by atoms with van der Waals surface area (Å²) < 4.78 is 10.1. The Morgan fingerprint density at radius 1 is 1.29 bits per heavy atom. The topological polar surface area (TPSA) is 39.4 Å². The van der Waals surface area contributed by atoms with Crippen molar-refractivity contribution in [2.45, 2.75) is 0 Å². The highest BCUT2D eigenvalue weighted by Gasteiger charge is 2.03. The van der Waals surface area contributed by atoms with Gasteiger partial charge in [-0.1, -0.05) is 18.7 Å². The smallest absolute Gasteiger partial charge is 0.336 e. The molecule has 70 valence electrons. The lowest BCUT2D eigenvalue weighted by Gasteiger charge is -2.02. The minimum Gasteiger partial charge on any atom is -0.462 e. The van der Waals surface area contributed by atoms with Crippen molar-refractivity contribution in [3.8, 4) is 5.75 Å². The van der Waals surface area contributed by atoms with Gasteiger partial charge >= 0.3 is 5.63 Å². The van der Waals surface area contributed by atoms with E-state index in [0.29, 0.717) is 11.3 Å². The summed E-state index contributed by atoms with van der Waals surface area (Å²) in [7, 11) is 0. The largest absolute Gasteiger partial charge is 0.462 e. The molecule has 2 rings (SSSR count). The average Bonchev–Trinajstić information content (AvgIpc) is 2.19. The van der Waals surface area contributed by atoms with Gasteiger partial charge in [0.25, 0.3) is 0 Å². The lowest BCUT2D eigenvalue weighted by Crippen LogP contribution is -1.95. The normalized spacial score (nSPS) is 10.0. The summed E-state index contributed by atoms with van der Waals surface area (Å²) in [5.41, 5.74) is 0.0533. The van der Waals surface area contributed by atoms with Crippen molar-refractivity contribution in [3.05, 3.63) is 53.6 Å². The molecule has 0 saturated carbocycles. The Hall–Kier alpha value is -2.03. The molecule has 0 atom stereocenters. The van der Waals surface area contributed by atoms with Crippen molar-refractivity contribution < 1.29 is 9.15 Å². The third-order valence-corrected chi connectivity index (χ3v) is 1.82. The molecule has 0 unspecified atom stereocenters. The van der Waals surface area contributed by atoms with Crippen LogP contribution in [-0.4, -0.2) is 0 Å². The fourth-order valence-corrected chi connectivity index (χ4v) is 1.25. The third-order valence-electron chi connectivity index (χ3n) is 1.82. The van der Waals surface area contributed by atoms with E-state index in [4.69, 9.17) is 9.15 Å². The van der Waals surface area contributed by atoms with Gasteiger partial charge in [0, 0.05) is 11.5 Å². The van der Waals surface area contributed by atoms with Crippen LogP contribution in [0.1, 0.15) is 0 Å². The van der Waals surface area contributed by atoms with Crippen molar-refractivity contribution in [1.82, 2.24) is 0 Å². The van der Waals surface area contributed by atoms with E-state index >= 15 is 0 Å². The van der Waals surface area contributed by atoms with Gasteiger partial charge < -0.3 is 9.15 Å². The number of benzene rings is 1. The second-order valence-corrected chi connectivity index (χ2v) is 2.71. The number of hydrogen-bond donors (Lipinski definition) is 0. The van der Waals surface area contributed by atoms with Gasteiger partial charge in [-0.2, -0.15) is 0 Å². The number of hydrogen-bond acceptors (Lipinski definition) is 3. The molecule has 0 aliphatic rings. The monoisotopic (exact) mass is 188 g/mol. The summed E-state index contributed by atoms with van der Waals surface area (Å²) in [5, 5.41) is 0.823. The fourth-order valence-electron chi connectivity index (χ4n) is 1.25. The first-order valence-electron chi connectivity index (χ1n) is 4.12. The molecule has 3 heteroatoms. The van der Waals surface area contributed by atoms with E-state index < -0.39 is 5.63 Å². The van der Waals surface area contributed by atoms with E-state index in [-0.39, 0.29) is 0 Å². The van der Waals surface area contributed by atoms with Gasteiger partial charge in [0.15, 0.2) is 11.3 Å². The number of rotatable bonds is 2. The van der Waals surface area contributed by atoms with Crippen molar-refractivity contribution in [2.75, 3.05) is 0 Å². The van der Waals surface area contributed by atoms with Crippen LogP contribution < -0.4 is 10.4 Å². The quantitative estimate of drug-likeness (QED) is 0.536. The second-order valence-electron chi connectivity index (χ2n) is 2.71. The van der Waals surface area contributed by atoms with E-state index in [1.807, 2.05) is 12.1 Å². The fraction of sp³-hybridized carbons (Fsp3) is 0. The lowest BCUT2D eigenvalue weighted by atomic mass is 10.2. The molecule has 0 aliphatic heterocycles. The Bertz CT molecular complexity index is 525. The summed E-state index contributed by atoms with van der Waals surface area (Å²) >= 11 is 0. The molecule has 0 N–H and O–H groups in total. The lowest BCUT2D eigenvalue weighted by molar-refractivity contribution is 0.465. The summed E-state index contributed by atoms with van der Waals surface area (Å²) in [6.45, 7) is 3.44. The van der Waals surface area contributed by atoms with Gasteiger partial charge in [0.2, 0.25) is 0 Å². The molecule has 0 spiro atoms. The zero-order valence-corrected chi connectivity index (χ0v) is 7.40. The van der Waals surface area contributed by atoms with Crippen LogP contribution in [-0.2, 0) is 0 Å². The molecular weight excluding hydrogens is 180 g/mol. The minimum absolute atomic E-state index is 0.391. The van der Waals surface area contributed by atoms with Gasteiger partial charge in [-0.15, -0.1) is 0 Å². The maximum Gasteiger partial charge on any atom is 0.336 e. The van der Waals surface area contributed by atoms with E-state index in [1.54, 1.807) is 12.1 Å². The van der Waals surface area contributed by atoms with Gasteiger partial charge in [0.1, 0.15) is 0 Å². The third kappa shape index (κ3) is 1.40. The summed E-state index contributed by atoms with van der Waals surface area (Å²) in [6, 6.07) is 8.44. The van der Waals surface area contributed by atoms with E-state index in [0.717, 1.165) is 5.39 Å². The maximum absolute atomic E-state index is 11.0. The Labute approximate surface area is 80.2 Å². The highest BCUT2D eigenvalue weighted by molar-refractivity contribution is 5.82. The molecule has 14 heavy (non-hydrogen) atoms. The first-order chi connectivity index (χ1) is 6.81. The molecule has 2 aromatic rings. The van der Waals surface area contributed by atoms with Crippen LogP contribution in [0.3, 0.4) is 0 Å². The summed E-state index contributed by atoms with van der Waals surface area (Å²) in [4.78, 5) is 11.0. The van der Waals surface area contributed by atoms with Gasteiger partial charge in [-0.05, 0) is 12.1 Å². The first-order valence-corrected chi connectivity index (χ1v) is 4.12. The highest BCUT2D eigenvalue weighted by Crippen LogP contribution is 2.23. The van der Waals surface area contributed by atoms with Crippen LogP contribution in [0.15, 0.2) is 52.4 Å². The average molecular weight is 188 g/mol. The van der Waals surface area contributed by atoms with E-state index in [9.17, 15) is 4.79 Å². The zero-order chi connectivity index (χ0) is 9.97. The summed E-state index contributed by atoms with van der Waals surface area (Å²) in [6.07, 6.45) is 1.29. The van der Waals surface area contributed by atoms with E-state index in [1.165, 1.54) is 12.3 Å². The highest BCUT2D eigenvalue weighted by atomic mass is 16.5. The molecule has 1 aromatic heterocycles. The predicted molar refractivity (Wildman–Crippen MR) is 53.3 cm³/mol. The molecule has 3 nitrogen and oxygen atoms in total. The number of fused-ring (bicyclic) bond motifs is 1. The van der Waals surface area contributed by atoms with Crippen LogP contribution in [0.2, 0.25) is 0 Å². The Balaban J connectivity index is 2.76. The zero-order valence-electron chi connectivity index (χ0n) is 7.40. The summed E-state index contributed by atoms with van der Waals surface area (Å²) in [5.74, 6) is 0.496. The number of ether oxygens (including phenoxy) is 1. The number of para-hydroxylation sites is 1. The standard InChI is InChI=1S/C11H8O3/c1-2-13-9-5-3-4-8-6-7-10(12)14-11(8)9/h2-7H,1H2. The molecule has 1 aromatic carbocycles. The first kappa shape index (κ1) is 8.56. The molecule has 1 heterocycles. The molecule has 0 radical (unpaired) electrons. The van der Waals surface area contributed by atoms with Crippen LogP contribution in [0, 0.1) is 0 Å². The van der Waals surface area contributed by atoms with Crippen LogP contribution in [0.4, 0.5) is 0 Å². The van der Waals surface area contributed by atoms with Gasteiger partial charge in [0.05, 0.1) is 6.26 Å². The van der Waals surface area contributed by atoms with Crippen LogP contribution >= 0.6 is 0 Å². The molecule has 0 amide bonds. The molecule has 0 fully saturated rings. The Morgan fingerprint density at radius 2 is 2.14 bits per heavy atom. The van der Waals surface area contributed by atoms with Gasteiger partial charge in [-0.25, -0.2) is 4.79 Å². The molecule has 0 saturated heterocycles. The van der Waals surface area contributed by atoms with Crippen molar-refractivity contribution in [1.29, 1.82) is 0 Å². The second kappa shape index (κ2) is 3.38. The molecular formula is C11H8O3.